The van der Waals surface area contributed by atoms with Gasteiger partial charge in [0.05, 0.1) is 37.0 Å². The Balaban J connectivity index is 1.69. The van der Waals surface area contributed by atoms with Crippen LogP contribution in [-0.2, 0) is 14.3 Å². The van der Waals surface area contributed by atoms with E-state index in [9.17, 15) is 19.1 Å². The lowest BCUT2D eigenvalue weighted by Gasteiger charge is -2.29. The maximum Gasteiger partial charge on any atom is 0.295 e. The number of Topliss-reactive ketones (excluding diaryl/α,β-unsaturated/α-hetero) is 1. The first kappa shape index (κ1) is 24.2. The number of methoxy groups -OCH3 is 1. The zero-order valence-electron chi connectivity index (χ0n) is 18.8. The summed E-state index contributed by atoms with van der Waals surface area (Å²) in [5, 5.41) is 11.4. The van der Waals surface area contributed by atoms with Crippen LogP contribution in [0.5, 0.6) is 5.75 Å². The first-order valence-corrected chi connectivity index (χ1v) is 11.5. The zero-order valence-corrected chi connectivity index (χ0v) is 19.6. The molecule has 34 heavy (non-hydrogen) atoms. The van der Waals surface area contributed by atoms with Gasteiger partial charge in [-0.15, -0.1) is 0 Å². The molecule has 0 aromatic heterocycles. The number of aliphatic hydroxyl groups is 1. The molecule has 180 valence electrons. The van der Waals surface area contributed by atoms with Crippen LogP contribution in [0.4, 0.5) is 4.39 Å². The Morgan fingerprint density at radius 3 is 2.62 bits per heavy atom. The van der Waals surface area contributed by atoms with Gasteiger partial charge in [-0.3, -0.25) is 14.5 Å². The highest BCUT2D eigenvalue weighted by Crippen LogP contribution is 2.40. The number of rotatable bonds is 7. The van der Waals surface area contributed by atoms with E-state index >= 15 is 0 Å². The molecule has 0 unspecified atom stereocenters. The average Bonchev–Trinajstić information content (AvgIpc) is 3.09. The van der Waals surface area contributed by atoms with E-state index in [4.69, 9.17) is 21.1 Å². The number of ketones is 1. The number of hydrogen-bond donors (Lipinski definition) is 1. The summed E-state index contributed by atoms with van der Waals surface area (Å²) in [6.45, 7) is 3.96. The monoisotopic (exact) mass is 488 g/mol. The summed E-state index contributed by atoms with van der Waals surface area (Å²) >= 11 is 6.21. The minimum Gasteiger partial charge on any atom is -0.507 e. The van der Waals surface area contributed by atoms with Crippen molar-refractivity contribution in [3.05, 3.63) is 70.0 Å². The number of halogens is 2. The molecule has 2 aliphatic heterocycles. The van der Waals surface area contributed by atoms with Crippen LogP contribution in [0.3, 0.4) is 0 Å². The van der Waals surface area contributed by atoms with Crippen LogP contribution < -0.4 is 4.74 Å². The second kappa shape index (κ2) is 10.5. The Morgan fingerprint density at radius 2 is 1.94 bits per heavy atom. The van der Waals surface area contributed by atoms with E-state index in [0.29, 0.717) is 30.9 Å². The first-order chi connectivity index (χ1) is 16.4. The van der Waals surface area contributed by atoms with Crippen LogP contribution in [-0.4, -0.2) is 73.1 Å². The summed E-state index contributed by atoms with van der Waals surface area (Å²) in [7, 11) is 1.47. The van der Waals surface area contributed by atoms with Crippen LogP contribution in [0.25, 0.3) is 5.76 Å². The summed E-state index contributed by atoms with van der Waals surface area (Å²) in [4.78, 5) is 29.8. The third-order valence-corrected chi connectivity index (χ3v) is 6.40. The van der Waals surface area contributed by atoms with E-state index in [1.165, 1.54) is 36.3 Å². The third kappa shape index (κ3) is 4.94. The van der Waals surface area contributed by atoms with E-state index in [2.05, 4.69) is 4.90 Å². The van der Waals surface area contributed by atoms with Gasteiger partial charge in [-0.05, 0) is 42.3 Å². The van der Waals surface area contributed by atoms with E-state index < -0.39 is 23.5 Å². The van der Waals surface area contributed by atoms with Crippen LogP contribution in [0.2, 0.25) is 5.02 Å². The van der Waals surface area contributed by atoms with Gasteiger partial charge in [-0.2, -0.15) is 0 Å². The molecule has 7 nitrogen and oxygen atoms in total. The number of hydrogen-bond acceptors (Lipinski definition) is 6. The van der Waals surface area contributed by atoms with Gasteiger partial charge in [0.25, 0.3) is 11.7 Å². The Bertz CT molecular complexity index is 1120. The summed E-state index contributed by atoms with van der Waals surface area (Å²) < 4.78 is 24.6. The molecule has 0 radical (unpaired) electrons. The topological polar surface area (TPSA) is 79.3 Å². The van der Waals surface area contributed by atoms with Crippen molar-refractivity contribution in [1.29, 1.82) is 0 Å². The maximum absolute atomic E-state index is 14.1. The minimum atomic E-state index is -0.915. The molecule has 2 aromatic carbocycles. The highest BCUT2D eigenvalue weighted by atomic mass is 35.5. The molecule has 2 heterocycles. The number of benzene rings is 2. The summed E-state index contributed by atoms with van der Waals surface area (Å²) in [5.74, 6) is -2.00. The van der Waals surface area contributed by atoms with Crippen molar-refractivity contribution >= 4 is 29.1 Å². The fourth-order valence-electron chi connectivity index (χ4n) is 4.39. The van der Waals surface area contributed by atoms with E-state index in [0.717, 1.165) is 19.6 Å². The Morgan fingerprint density at radius 1 is 1.18 bits per heavy atom. The highest BCUT2D eigenvalue weighted by molar-refractivity contribution is 6.46. The second-order valence-electron chi connectivity index (χ2n) is 8.20. The lowest BCUT2D eigenvalue weighted by atomic mass is 9.95. The van der Waals surface area contributed by atoms with Gasteiger partial charge in [0.15, 0.2) is 0 Å². The average molecular weight is 489 g/mol. The summed E-state index contributed by atoms with van der Waals surface area (Å²) in [5.41, 5.74) is 0.577. The minimum absolute atomic E-state index is 0.0943. The van der Waals surface area contributed by atoms with Crippen molar-refractivity contribution in [2.45, 2.75) is 12.5 Å². The SMILES string of the molecule is COc1ccc(/C(O)=C2\C(=O)C(=O)N(CCCN3CCOCC3)[C@@H]2c2cccc(F)c2)cc1Cl. The first-order valence-electron chi connectivity index (χ1n) is 11.1. The van der Waals surface area contributed by atoms with Gasteiger partial charge in [0, 0.05) is 31.7 Å². The van der Waals surface area contributed by atoms with Crippen molar-refractivity contribution in [3.63, 3.8) is 0 Å². The van der Waals surface area contributed by atoms with Crippen LogP contribution in [0, 0.1) is 5.82 Å². The predicted octanol–water partition coefficient (Wildman–Crippen LogP) is 3.63. The highest BCUT2D eigenvalue weighted by Gasteiger charge is 2.46. The van der Waals surface area contributed by atoms with Gasteiger partial charge in [-0.25, -0.2) is 4.39 Å². The van der Waals surface area contributed by atoms with Crippen molar-refractivity contribution in [1.82, 2.24) is 9.80 Å². The largest absolute Gasteiger partial charge is 0.507 e. The Kier molecular flexibility index (Phi) is 7.50. The molecular weight excluding hydrogens is 463 g/mol. The molecule has 1 atom stereocenters. The normalized spacial score (nSPS) is 20.7. The Hall–Kier alpha value is -2.94. The molecule has 9 heteroatoms. The van der Waals surface area contributed by atoms with Crippen LogP contribution >= 0.6 is 11.6 Å². The number of likely N-dealkylation sites (tertiary alicyclic amines) is 1. The molecule has 2 aromatic rings. The molecule has 0 spiro atoms. The van der Waals surface area contributed by atoms with Gasteiger partial charge in [-0.1, -0.05) is 23.7 Å². The number of amides is 1. The second-order valence-corrected chi connectivity index (χ2v) is 8.61. The lowest BCUT2D eigenvalue weighted by molar-refractivity contribution is -0.140. The predicted molar refractivity (Wildman–Crippen MR) is 125 cm³/mol. The summed E-state index contributed by atoms with van der Waals surface area (Å²) in [6, 6.07) is 9.38. The number of nitrogens with zero attached hydrogens (tertiary/aromatic N) is 2. The van der Waals surface area contributed by atoms with Crippen molar-refractivity contribution in [2.24, 2.45) is 0 Å². The van der Waals surface area contributed by atoms with E-state index in [1.54, 1.807) is 18.2 Å². The third-order valence-electron chi connectivity index (χ3n) is 6.11. The molecule has 2 saturated heterocycles. The number of aliphatic hydroxyl groups excluding tert-OH is 1. The van der Waals surface area contributed by atoms with Crippen molar-refractivity contribution in [2.75, 3.05) is 46.5 Å². The maximum atomic E-state index is 14.1. The van der Waals surface area contributed by atoms with Crippen molar-refractivity contribution < 1.29 is 28.6 Å². The van der Waals surface area contributed by atoms with Crippen LogP contribution in [0.1, 0.15) is 23.6 Å². The number of morpholine rings is 1. The number of ether oxygens (including phenoxy) is 2. The van der Waals surface area contributed by atoms with E-state index in [1.807, 2.05) is 0 Å². The van der Waals surface area contributed by atoms with Gasteiger partial charge in [0.1, 0.15) is 17.3 Å². The quantitative estimate of drug-likeness (QED) is 0.364. The molecule has 4 rings (SSSR count). The standard InChI is InChI=1S/C25H26ClFN2O5/c1-33-20-7-6-17(15-19(20)26)23(30)21-22(16-4-2-5-18(27)14-16)29(25(32)24(21)31)9-3-8-28-10-12-34-13-11-28/h2,4-7,14-15,22,30H,3,8-13H2,1H3/b23-21+/t22-/m1/s1. The summed E-state index contributed by atoms with van der Waals surface area (Å²) in [6.07, 6.45) is 0.618. The molecule has 0 aliphatic carbocycles. The molecule has 2 fully saturated rings. The molecule has 2 aliphatic rings. The van der Waals surface area contributed by atoms with Gasteiger partial charge < -0.3 is 19.5 Å². The zero-order chi connectivity index (χ0) is 24.2. The Labute approximate surface area is 202 Å². The molecule has 1 amide bonds. The molecular formula is C25H26ClFN2O5. The number of carbonyl (C=O) groups excluding carboxylic acids is 2. The van der Waals surface area contributed by atoms with E-state index in [-0.39, 0.29) is 28.5 Å². The lowest BCUT2D eigenvalue weighted by Crippen LogP contribution is -2.39. The molecule has 1 N–H and O–H groups in total. The fourth-order valence-corrected chi connectivity index (χ4v) is 4.65. The molecule has 0 saturated carbocycles. The van der Waals surface area contributed by atoms with Gasteiger partial charge in [0.2, 0.25) is 0 Å². The number of carbonyl (C=O) groups is 2. The van der Waals surface area contributed by atoms with Crippen LogP contribution in [0.15, 0.2) is 48.0 Å². The van der Waals surface area contributed by atoms with Crippen molar-refractivity contribution in [3.8, 4) is 5.75 Å². The fraction of sp³-hybridized carbons (Fsp3) is 0.360. The van der Waals surface area contributed by atoms with Gasteiger partial charge >= 0.3 is 0 Å². The smallest absolute Gasteiger partial charge is 0.295 e. The molecule has 0 bridgehead atoms.